The maximum Gasteiger partial charge on any atom is 0.325 e. The molecule has 2 N–H and O–H groups in total. The number of nitrogens with zero attached hydrogens (tertiary/aromatic N) is 3. The lowest BCUT2D eigenvalue weighted by Crippen LogP contribution is -2.23. The van der Waals surface area contributed by atoms with E-state index in [2.05, 4.69) is 32.0 Å². The summed E-state index contributed by atoms with van der Waals surface area (Å²) >= 11 is 6.20. The van der Waals surface area contributed by atoms with Gasteiger partial charge in [0.15, 0.2) is 5.15 Å². The van der Waals surface area contributed by atoms with Gasteiger partial charge in [-0.05, 0) is 36.1 Å². The molecule has 0 saturated heterocycles. The largest absolute Gasteiger partial charge is 0.344 e. The number of rotatable bonds is 2. The molecule has 1 fully saturated rings. The number of aromatic amines is 2. The third-order valence-corrected chi connectivity index (χ3v) is 4.68. The molecule has 0 spiro atoms. The molecular weight excluding hydrogens is 354 g/mol. The van der Waals surface area contributed by atoms with E-state index in [1.54, 1.807) is 6.07 Å². The van der Waals surface area contributed by atoms with Crippen molar-refractivity contribution in [1.82, 2.24) is 24.7 Å². The molecule has 0 aromatic carbocycles. The minimum Gasteiger partial charge on any atom is -0.344 e. The Morgan fingerprint density at radius 1 is 1.35 bits per heavy atom. The van der Waals surface area contributed by atoms with Gasteiger partial charge in [0.05, 0.1) is 11.3 Å². The van der Waals surface area contributed by atoms with Crippen LogP contribution >= 0.6 is 11.6 Å². The van der Waals surface area contributed by atoms with Crippen LogP contribution in [0.1, 0.15) is 23.6 Å². The number of H-pyrrole nitrogens is 2. The number of aryl methyl sites for hydroxylation is 1. The molecule has 0 unspecified atom stereocenters. The fourth-order valence-corrected chi connectivity index (χ4v) is 3.07. The molecular formula is C18H14ClN5O2. The smallest absolute Gasteiger partial charge is 0.325 e. The van der Waals surface area contributed by atoms with Gasteiger partial charge in [0.1, 0.15) is 5.69 Å². The summed E-state index contributed by atoms with van der Waals surface area (Å²) in [5.74, 6) is 6.78. The highest BCUT2D eigenvalue weighted by molar-refractivity contribution is 6.30. The van der Waals surface area contributed by atoms with Crippen molar-refractivity contribution in [3.05, 3.63) is 67.8 Å². The average molecular weight is 368 g/mol. The Morgan fingerprint density at radius 3 is 2.92 bits per heavy atom. The van der Waals surface area contributed by atoms with Crippen LogP contribution in [0, 0.1) is 17.8 Å². The predicted molar refractivity (Wildman–Crippen MR) is 96.9 cm³/mol. The molecule has 1 aliphatic carbocycles. The summed E-state index contributed by atoms with van der Waals surface area (Å²) in [6, 6.07) is 5.66. The molecule has 1 saturated carbocycles. The summed E-state index contributed by atoms with van der Waals surface area (Å²) in [5.41, 5.74) is 1.28. The van der Waals surface area contributed by atoms with Gasteiger partial charge in [-0.25, -0.2) is 4.79 Å². The fourth-order valence-electron chi connectivity index (χ4n) is 2.84. The summed E-state index contributed by atoms with van der Waals surface area (Å²) < 4.78 is 1.96. The highest BCUT2D eigenvalue weighted by Gasteiger charge is 2.39. The van der Waals surface area contributed by atoms with Crippen LogP contribution in [-0.2, 0) is 7.05 Å². The van der Waals surface area contributed by atoms with Gasteiger partial charge in [-0.15, -0.1) is 10.2 Å². The normalized spacial score (nSPS) is 18.2. The van der Waals surface area contributed by atoms with Crippen molar-refractivity contribution in [1.29, 1.82) is 0 Å². The van der Waals surface area contributed by atoms with Crippen molar-refractivity contribution >= 4 is 11.6 Å². The van der Waals surface area contributed by atoms with Crippen LogP contribution in [0.3, 0.4) is 0 Å². The van der Waals surface area contributed by atoms with Crippen molar-refractivity contribution in [3.8, 4) is 23.1 Å². The summed E-state index contributed by atoms with van der Waals surface area (Å²) in [5, 5.41) is 8.24. The summed E-state index contributed by atoms with van der Waals surface area (Å²) in [6.07, 6.45) is 4.15. The molecule has 3 heterocycles. The van der Waals surface area contributed by atoms with E-state index in [1.807, 2.05) is 29.9 Å². The Hall–Kier alpha value is -3.11. The molecule has 0 bridgehead atoms. The quantitative estimate of drug-likeness (QED) is 0.673. The molecule has 0 aliphatic heterocycles. The third kappa shape index (κ3) is 3.07. The van der Waals surface area contributed by atoms with E-state index in [0.29, 0.717) is 10.8 Å². The highest BCUT2D eigenvalue weighted by atomic mass is 35.5. The summed E-state index contributed by atoms with van der Waals surface area (Å²) in [7, 11) is 1.95. The first-order valence-corrected chi connectivity index (χ1v) is 8.39. The summed E-state index contributed by atoms with van der Waals surface area (Å²) in [6.45, 7) is 0. The topological polar surface area (TPSA) is 96.4 Å². The molecule has 1 aliphatic rings. The molecule has 0 radical (unpaired) electrons. The lowest BCUT2D eigenvalue weighted by atomic mass is 10.1. The van der Waals surface area contributed by atoms with E-state index < -0.39 is 11.2 Å². The monoisotopic (exact) mass is 367 g/mol. The lowest BCUT2D eigenvalue weighted by molar-refractivity contribution is 0.910. The zero-order valence-electron chi connectivity index (χ0n) is 13.8. The van der Waals surface area contributed by atoms with Gasteiger partial charge >= 0.3 is 5.69 Å². The van der Waals surface area contributed by atoms with E-state index in [4.69, 9.17) is 11.6 Å². The van der Waals surface area contributed by atoms with Crippen molar-refractivity contribution in [2.75, 3.05) is 0 Å². The molecule has 4 rings (SSSR count). The first-order chi connectivity index (χ1) is 12.5. The summed E-state index contributed by atoms with van der Waals surface area (Å²) in [4.78, 5) is 27.7. The predicted octanol–water partition coefficient (Wildman–Crippen LogP) is 1.67. The molecule has 7 nitrogen and oxygen atoms in total. The van der Waals surface area contributed by atoms with Gasteiger partial charge in [0.25, 0.3) is 5.56 Å². The van der Waals surface area contributed by atoms with E-state index in [9.17, 15) is 9.59 Å². The zero-order chi connectivity index (χ0) is 18.3. The second kappa shape index (κ2) is 6.32. The number of hydrogen-bond acceptors (Lipinski definition) is 4. The Balaban J connectivity index is 1.62. The van der Waals surface area contributed by atoms with Gasteiger partial charge in [-0.1, -0.05) is 17.5 Å². The Morgan fingerprint density at radius 2 is 2.19 bits per heavy atom. The van der Waals surface area contributed by atoms with E-state index in [1.165, 1.54) is 6.20 Å². The van der Waals surface area contributed by atoms with Crippen LogP contribution in [0.5, 0.6) is 0 Å². The van der Waals surface area contributed by atoms with Crippen LogP contribution in [0.4, 0.5) is 0 Å². The van der Waals surface area contributed by atoms with Gasteiger partial charge in [-0.2, -0.15) is 0 Å². The van der Waals surface area contributed by atoms with Crippen LogP contribution < -0.4 is 11.2 Å². The van der Waals surface area contributed by atoms with E-state index >= 15 is 0 Å². The molecule has 0 amide bonds. The van der Waals surface area contributed by atoms with Crippen molar-refractivity contribution < 1.29 is 0 Å². The molecule has 130 valence electrons. The Labute approximate surface area is 153 Å². The van der Waals surface area contributed by atoms with Crippen molar-refractivity contribution in [3.63, 3.8) is 0 Å². The number of hydrogen-bond donors (Lipinski definition) is 2. The maximum atomic E-state index is 12.0. The highest BCUT2D eigenvalue weighted by Crippen LogP contribution is 2.49. The van der Waals surface area contributed by atoms with Crippen LogP contribution in [-0.4, -0.2) is 24.7 Å². The molecule has 3 aromatic rings. The first-order valence-electron chi connectivity index (χ1n) is 8.01. The van der Waals surface area contributed by atoms with Gasteiger partial charge < -0.3 is 9.55 Å². The second-order valence-corrected chi connectivity index (χ2v) is 6.54. The minimum atomic E-state index is -0.570. The zero-order valence-corrected chi connectivity index (χ0v) is 14.5. The van der Waals surface area contributed by atoms with Crippen molar-refractivity contribution in [2.45, 2.75) is 12.3 Å². The molecule has 3 aromatic heterocycles. The number of nitrogens with one attached hydrogen (secondary N) is 2. The van der Waals surface area contributed by atoms with Gasteiger partial charge in [0, 0.05) is 31.3 Å². The average Bonchev–Trinajstić information content (AvgIpc) is 3.26. The molecule has 26 heavy (non-hydrogen) atoms. The van der Waals surface area contributed by atoms with Gasteiger partial charge in [-0.3, -0.25) is 9.78 Å². The van der Waals surface area contributed by atoms with E-state index in [-0.39, 0.29) is 17.4 Å². The fraction of sp³-hybridized carbons (Fsp3) is 0.222. The third-order valence-electron chi connectivity index (χ3n) is 4.39. The SMILES string of the molecule is Cn1cccc1C#C[C@H]1C[C@@H]1c1cc(-c2c[nH]c(=O)[nH]c2=O)nnc1Cl. The number of aromatic nitrogens is 5. The van der Waals surface area contributed by atoms with Crippen LogP contribution in [0.2, 0.25) is 5.15 Å². The molecule has 8 heteroatoms. The van der Waals surface area contributed by atoms with Gasteiger partial charge in [0.2, 0.25) is 0 Å². The van der Waals surface area contributed by atoms with Crippen molar-refractivity contribution in [2.24, 2.45) is 13.0 Å². The first kappa shape index (κ1) is 16.4. The number of halogens is 1. The standard InChI is InChI=1S/C18H14ClN5O2/c1-24-6-2-3-11(24)5-4-10-7-12(10)13-8-15(22-23-16(13)19)14-9-20-18(26)21-17(14)25/h2-3,6,8-10,12H,7H2,1H3,(H2,20,21,25,26)/t10-,12-/m0/s1. The van der Waals surface area contributed by atoms with E-state index in [0.717, 1.165) is 17.7 Å². The van der Waals surface area contributed by atoms with Crippen LogP contribution in [0.25, 0.3) is 11.3 Å². The van der Waals surface area contributed by atoms with Crippen LogP contribution in [0.15, 0.2) is 40.2 Å². The maximum absolute atomic E-state index is 12.0. The molecule has 2 atom stereocenters. The second-order valence-electron chi connectivity index (χ2n) is 6.18. The Bertz CT molecular complexity index is 1160. The Kier molecular flexibility index (Phi) is 3.98. The minimum absolute atomic E-state index is 0.159. The lowest BCUT2D eigenvalue weighted by Gasteiger charge is -2.04.